The summed E-state index contributed by atoms with van der Waals surface area (Å²) in [5.74, 6) is 0.0119. The number of allylic oxidation sites excluding steroid dienone is 1. The van der Waals surface area contributed by atoms with Gasteiger partial charge in [-0.15, -0.1) is 0 Å². The molecule has 24 heavy (non-hydrogen) atoms. The number of aliphatic hydroxyl groups excluding tert-OH is 3. The van der Waals surface area contributed by atoms with Gasteiger partial charge in [0, 0.05) is 12.3 Å². The highest BCUT2D eigenvalue weighted by molar-refractivity contribution is 5.84. The summed E-state index contributed by atoms with van der Waals surface area (Å²) in [5, 5.41) is 30.6. The van der Waals surface area contributed by atoms with Crippen LogP contribution in [-0.4, -0.2) is 54.3 Å². The quantitative estimate of drug-likeness (QED) is 0.519. The summed E-state index contributed by atoms with van der Waals surface area (Å²) in [7, 11) is 0. The molecule has 2 aromatic rings. The predicted octanol–water partition coefficient (Wildman–Crippen LogP) is -1.07. The molecule has 0 amide bonds. The van der Waals surface area contributed by atoms with Gasteiger partial charge < -0.3 is 30.4 Å². The number of nitrogens with zero attached hydrogens (tertiary/aromatic N) is 3. The van der Waals surface area contributed by atoms with E-state index in [2.05, 4.69) is 9.97 Å². The second-order valence-electron chi connectivity index (χ2n) is 5.53. The first-order valence-corrected chi connectivity index (χ1v) is 7.39. The third-order valence-electron chi connectivity index (χ3n) is 4.01. The standard InChI is InChI=1S/C15H18N4O5/c1-2-3-8(21)12-10(22)11(23)15(24-12)19-5-4-7(20)9-13(16)17-6-18-14(9)19/h2-6,8,10-12,15,21-23H,1H3,(H2,16,17,18)/t8-,10+,11-,12-,15-/m1/s1. The van der Waals surface area contributed by atoms with E-state index in [0.717, 1.165) is 0 Å². The van der Waals surface area contributed by atoms with Crippen molar-refractivity contribution in [2.75, 3.05) is 5.73 Å². The molecule has 0 aromatic carbocycles. The van der Waals surface area contributed by atoms with Crippen LogP contribution in [0.5, 0.6) is 0 Å². The molecule has 1 aliphatic heterocycles. The lowest BCUT2D eigenvalue weighted by molar-refractivity contribution is -0.0698. The van der Waals surface area contributed by atoms with Crippen molar-refractivity contribution in [3.05, 3.63) is 41.0 Å². The Morgan fingerprint density at radius 1 is 1.38 bits per heavy atom. The Bertz CT molecular complexity index is 836. The summed E-state index contributed by atoms with van der Waals surface area (Å²) in [6.45, 7) is 1.72. The molecule has 0 aliphatic carbocycles. The molecule has 0 radical (unpaired) electrons. The summed E-state index contributed by atoms with van der Waals surface area (Å²) < 4.78 is 7.03. The number of aliphatic hydroxyl groups is 3. The average Bonchev–Trinajstić information content (AvgIpc) is 2.84. The van der Waals surface area contributed by atoms with E-state index in [4.69, 9.17) is 10.5 Å². The van der Waals surface area contributed by atoms with Crippen LogP contribution in [0.15, 0.2) is 35.5 Å². The molecule has 3 rings (SSSR count). The molecule has 9 heteroatoms. The van der Waals surface area contributed by atoms with E-state index in [1.807, 2.05) is 0 Å². The Kier molecular flexibility index (Phi) is 4.33. The topological polar surface area (TPSA) is 144 Å². The van der Waals surface area contributed by atoms with Crippen molar-refractivity contribution >= 4 is 16.9 Å². The smallest absolute Gasteiger partial charge is 0.194 e. The summed E-state index contributed by atoms with van der Waals surface area (Å²) in [4.78, 5) is 19.8. The van der Waals surface area contributed by atoms with E-state index >= 15 is 0 Å². The number of fused-ring (bicyclic) bond motifs is 1. The minimum absolute atomic E-state index is 0.0119. The van der Waals surface area contributed by atoms with E-state index in [1.54, 1.807) is 13.0 Å². The highest BCUT2D eigenvalue weighted by atomic mass is 16.6. The van der Waals surface area contributed by atoms with E-state index in [9.17, 15) is 20.1 Å². The molecule has 0 bridgehead atoms. The molecular weight excluding hydrogens is 316 g/mol. The van der Waals surface area contributed by atoms with Gasteiger partial charge in [-0.05, 0) is 6.92 Å². The number of nitrogens with two attached hydrogens (primary N) is 1. The first kappa shape index (κ1) is 16.5. The maximum absolute atomic E-state index is 12.0. The molecule has 2 aromatic heterocycles. The lowest BCUT2D eigenvalue weighted by Crippen LogP contribution is -2.37. The number of rotatable bonds is 3. The SMILES string of the molecule is CC=C[C@@H](O)[C@H]1O[C@@H](n2ccc(=O)c3c(N)ncnc32)[C@H](O)[C@@H]1O. The number of pyridine rings is 1. The normalized spacial score (nSPS) is 28.7. The van der Waals surface area contributed by atoms with E-state index in [0.29, 0.717) is 0 Å². The molecule has 1 saturated heterocycles. The summed E-state index contributed by atoms with van der Waals surface area (Å²) in [6, 6.07) is 1.25. The number of aromatic nitrogens is 3. The Balaban J connectivity index is 2.07. The number of hydrogen-bond acceptors (Lipinski definition) is 8. The van der Waals surface area contributed by atoms with Gasteiger partial charge in [0.2, 0.25) is 0 Å². The van der Waals surface area contributed by atoms with Crippen molar-refractivity contribution < 1.29 is 20.1 Å². The predicted molar refractivity (Wildman–Crippen MR) is 85.0 cm³/mol. The van der Waals surface area contributed by atoms with Gasteiger partial charge in [-0.25, -0.2) is 9.97 Å². The maximum atomic E-state index is 12.0. The van der Waals surface area contributed by atoms with Gasteiger partial charge in [0.1, 0.15) is 41.9 Å². The van der Waals surface area contributed by atoms with Gasteiger partial charge in [0.25, 0.3) is 0 Å². The van der Waals surface area contributed by atoms with Crippen molar-refractivity contribution in [3.8, 4) is 0 Å². The fraction of sp³-hybridized carbons (Fsp3) is 0.400. The zero-order valence-electron chi connectivity index (χ0n) is 12.9. The van der Waals surface area contributed by atoms with E-state index < -0.39 is 30.6 Å². The minimum atomic E-state index is -1.32. The molecule has 3 heterocycles. The second-order valence-corrected chi connectivity index (χ2v) is 5.53. The Hall–Kier alpha value is -2.33. The molecule has 5 N–H and O–H groups in total. The fourth-order valence-electron chi connectivity index (χ4n) is 2.83. The third kappa shape index (κ3) is 2.57. The van der Waals surface area contributed by atoms with Crippen LogP contribution in [0.4, 0.5) is 5.82 Å². The summed E-state index contributed by atoms with van der Waals surface area (Å²) in [6.07, 6.45) is -0.131. The first-order chi connectivity index (χ1) is 11.5. The Labute approximate surface area is 136 Å². The zero-order valence-corrected chi connectivity index (χ0v) is 12.9. The zero-order chi connectivity index (χ0) is 17.4. The summed E-state index contributed by atoms with van der Waals surface area (Å²) >= 11 is 0. The van der Waals surface area contributed by atoms with Crippen molar-refractivity contribution in [3.63, 3.8) is 0 Å². The van der Waals surface area contributed by atoms with Gasteiger partial charge in [0.05, 0.1) is 0 Å². The van der Waals surface area contributed by atoms with Crippen LogP contribution in [0.3, 0.4) is 0 Å². The fourth-order valence-corrected chi connectivity index (χ4v) is 2.83. The van der Waals surface area contributed by atoms with Crippen LogP contribution in [0.1, 0.15) is 13.2 Å². The monoisotopic (exact) mass is 334 g/mol. The van der Waals surface area contributed by atoms with Crippen molar-refractivity contribution in [2.45, 2.75) is 37.6 Å². The van der Waals surface area contributed by atoms with Gasteiger partial charge >= 0.3 is 0 Å². The molecule has 0 unspecified atom stereocenters. The van der Waals surface area contributed by atoms with Crippen molar-refractivity contribution in [1.29, 1.82) is 0 Å². The van der Waals surface area contributed by atoms with Gasteiger partial charge in [0.15, 0.2) is 17.3 Å². The largest absolute Gasteiger partial charge is 0.387 e. The molecule has 1 fully saturated rings. The third-order valence-corrected chi connectivity index (χ3v) is 4.01. The van der Waals surface area contributed by atoms with E-state index in [-0.39, 0.29) is 22.3 Å². The first-order valence-electron chi connectivity index (χ1n) is 7.39. The minimum Gasteiger partial charge on any atom is -0.387 e. The second kappa shape index (κ2) is 6.29. The van der Waals surface area contributed by atoms with Crippen LogP contribution >= 0.6 is 0 Å². The van der Waals surface area contributed by atoms with Crippen LogP contribution in [0, 0.1) is 0 Å². The molecule has 1 aliphatic rings. The van der Waals surface area contributed by atoms with Crippen LogP contribution in [-0.2, 0) is 4.74 Å². The lowest BCUT2D eigenvalue weighted by atomic mass is 10.1. The maximum Gasteiger partial charge on any atom is 0.194 e. The number of anilines is 1. The van der Waals surface area contributed by atoms with Crippen LogP contribution in [0.25, 0.3) is 11.0 Å². The number of nitrogen functional groups attached to an aromatic ring is 1. The molecule has 0 spiro atoms. The highest BCUT2D eigenvalue weighted by Crippen LogP contribution is 2.32. The van der Waals surface area contributed by atoms with Gasteiger partial charge in [-0.3, -0.25) is 4.79 Å². The Morgan fingerprint density at radius 3 is 2.83 bits per heavy atom. The lowest BCUT2D eigenvalue weighted by Gasteiger charge is -2.20. The average molecular weight is 334 g/mol. The Morgan fingerprint density at radius 2 is 2.12 bits per heavy atom. The van der Waals surface area contributed by atoms with E-state index in [1.165, 1.54) is 29.2 Å². The summed E-state index contributed by atoms with van der Waals surface area (Å²) in [5.41, 5.74) is 5.55. The van der Waals surface area contributed by atoms with Crippen molar-refractivity contribution in [2.24, 2.45) is 0 Å². The molecule has 9 nitrogen and oxygen atoms in total. The molecule has 5 atom stereocenters. The van der Waals surface area contributed by atoms with Crippen LogP contribution < -0.4 is 11.2 Å². The number of hydrogen-bond donors (Lipinski definition) is 4. The van der Waals surface area contributed by atoms with Crippen LogP contribution in [0.2, 0.25) is 0 Å². The number of ether oxygens (including phenoxy) is 1. The van der Waals surface area contributed by atoms with Crippen molar-refractivity contribution in [1.82, 2.24) is 14.5 Å². The van der Waals surface area contributed by atoms with Gasteiger partial charge in [-0.1, -0.05) is 12.2 Å². The highest BCUT2D eigenvalue weighted by Gasteiger charge is 2.46. The molecule has 0 saturated carbocycles. The molecule has 128 valence electrons. The molecular formula is C15H18N4O5. The van der Waals surface area contributed by atoms with Gasteiger partial charge in [-0.2, -0.15) is 0 Å².